The topological polar surface area (TPSA) is 100 Å². The van der Waals surface area contributed by atoms with Crippen LogP contribution in [0, 0.1) is 5.92 Å². The van der Waals surface area contributed by atoms with E-state index in [-0.39, 0.29) is 5.92 Å². The van der Waals surface area contributed by atoms with Crippen molar-refractivity contribution in [2.24, 2.45) is 11.7 Å². The number of aromatic nitrogens is 1. The Kier molecular flexibility index (Phi) is 3.55. The monoisotopic (exact) mass is 225 g/mol. The molecular weight excluding hydrogens is 210 g/mol. The maximum absolute atomic E-state index is 11.4. The SMILES string of the molecule is COC(=O)c1cc(N)cn1CC(C)C(N)=O. The average Bonchev–Trinajstić information content (AvgIpc) is 2.58. The number of anilines is 1. The van der Waals surface area contributed by atoms with E-state index in [9.17, 15) is 9.59 Å². The van der Waals surface area contributed by atoms with Crippen LogP contribution < -0.4 is 11.5 Å². The number of rotatable bonds is 4. The van der Waals surface area contributed by atoms with E-state index < -0.39 is 11.9 Å². The number of methoxy groups -OCH3 is 1. The zero-order chi connectivity index (χ0) is 12.3. The third-order valence-electron chi connectivity index (χ3n) is 2.27. The van der Waals surface area contributed by atoms with E-state index in [0.29, 0.717) is 17.9 Å². The smallest absolute Gasteiger partial charge is 0.354 e. The molecule has 4 N–H and O–H groups in total. The highest BCUT2D eigenvalue weighted by Gasteiger charge is 2.17. The van der Waals surface area contributed by atoms with Crippen molar-refractivity contribution in [3.8, 4) is 0 Å². The molecular formula is C10H15N3O3. The summed E-state index contributed by atoms with van der Waals surface area (Å²) >= 11 is 0. The number of hydrogen-bond acceptors (Lipinski definition) is 4. The standard InChI is InChI=1S/C10H15N3O3/c1-6(9(12)14)4-13-5-7(11)3-8(13)10(15)16-2/h3,5-6H,4,11H2,1-2H3,(H2,12,14). The first kappa shape index (κ1) is 12.1. The molecule has 0 fully saturated rings. The largest absolute Gasteiger partial charge is 0.464 e. The number of hydrogen-bond donors (Lipinski definition) is 2. The minimum atomic E-state index is -0.492. The highest BCUT2D eigenvalue weighted by atomic mass is 16.5. The molecule has 0 saturated heterocycles. The molecule has 0 bridgehead atoms. The van der Waals surface area contributed by atoms with E-state index in [1.54, 1.807) is 17.7 Å². The zero-order valence-corrected chi connectivity index (χ0v) is 9.27. The van der Waals surface area contributed by atoms with Gasteiger partial charge in [-0.05, 0) is 6.07 Å². The fourth-order valence-corrected chi connectivity index (χ4v) is 1.34. The Hall–Kier alpha value is -1.98. The summed E-state index contributed by atoms with van der Waals surface area (Å²) in [6.07, 6.45) is 1.58. The minimum absolute atomic E-state index is 0.303. The molecule has 0 aliphatic rings. The summed E-state index contributed by atoms with van der Waals surface area (Å²) in [6, 6.07) is 1.50. The Bertz CT molecular complexity index is 411. The molecule has 1 heterocycles. The molecule has 88 valence electrons. The fourth-order valence-electron chi connectivity index (χ4n) is 1.34. The van der Waals surface area contributed by atoms with Crippen molar-refractivity contribution in [2.75, 3.05) is 12.8 Å². The van der Waals surface area contributed by atoms with Crippen LogP contribution in [0.4, 0.5) is 5.69 Å². The maximum atomic E-state index is 11.4. The molecule has 0 aliphatic carbocycles. The van der Waals surface area contributed by atoms with Crippen molar-refractivity contribution < 1.29 is 14.3 Å². The first-order valence-electron chi connectivity index (χ1n) is 4.79. The summed E-state index contributed by atoms with van der Waals surface area (Å²) in [5.74, 6) is -1.30. The Morgan fingerprint density at radius 1 is 1.56 bits per heavy atom. The number of primary amides is 1. The molecule has 1 rings (SSSR count). The van der Waals surface area contributed by atoms with Crippen molar-refractivity contribution in [3.05, 3.63) is 18.0 Å². The van der Waals surface area contributed by atoms with Crippen LogP contribution in [0.1, 0.15) is 17.4 Å². The lowest BCUT2D eigenvalue weighted by Gasteiger charge is -2.11. The van der Waals surface area contributed by atoms with Gasteiger partial charge in [0.05, 0.1) is 18.7 Å². The molecule has 1 aromatic heterocycles. The molecule has 0 aliphatic heterocycles. The lowest BCUT2D eigenvalue weighted by atomic mass is 10.1. The van der Waals surface area contributed by atoms with Crippen molar-refractivity contribution in [3.63, 3.8) is 0 Å². The Morgan fingerprint density at radius 2 is 2.19 bits per heavy atom. The predicted molar refractivity (Wildman–Crippen MR) is 58.5 cm³/mol. The molecule has 16 heavy (non-hydrogen) atoms. The van der Waals surface area contributed by atoms with Crippen LogP contribution in [-0.4, -0.2) is 23.6 Å². The number of carbonyl (C=O) groups excluding carboxylic acids is 2. The molecule has 0 aromatic carbocycles. The first-order chi connectivity index (χ1) is 7.45. The van der Waals surface area contributed by atoms with Crippen LogP contribution in [-0.2, 0) is 16.1 Å². The highest BCUT2D eigenvalue weighted by molar-refractivity contribution is 5.89. The molecule has 1 atom stereocenters. The molecule has 0 saturated carbocycles. The predicted octanol–water partition coefficient (Wildman–Crippen LogP) is -0.0217. The van der Waals surface area contributed by atoms with Gasteiger partial charge in [-0.3, -0.25) is 4.79 Å². The molecule has 0 spiro atoms. The number of ether oxygens (including phenoxy) is 1. The summed E-state index contributed by atoms with van der Waals surface area (Å²) in [5.41, 5.74) is 11.5. The number of nitrogens with two attached hydrogens (primary N) is 2. The quantitative estimate of drug-likeness (QED) is 0.703. The van der Waals surface area contributed by atoms with Gasteiger partial charge < -0.3 is 20.8 Å². The van der Waals surface area contributed by atoms with Crippen molar-refractivity contribution in [1.82, 2.24) is 4.57 Å². The van der Waals surface area contributed by atoms with Gasteiger partial charge in [0.15, 0.2) is 0 Å². The second kappa shape index (κ2) is 4.69. The Balaban J connectivity index is 2.95. The maximum Gasteiger partial charge on any atom is 0.354 e. The molecule has 6 heteroatoms. The van der Waals surface area contributed by atoms with Gasteiger partial charge in [0.25, 0.3) is 0 Å². The average molecular weight is 225 g/mol. The summed E-state index contributed by atoms with van der Waals surface area (Å²) in [7, 11) is 1.29. The fraction of sp³-hybridized carbons (Fsp3) is 0.400. The van der Waals surface area contributed by atoms with Crippen molar-refractivity contribution >= 4 is 17.6 Å². The molecule has 6 nitrogen and oxygen atoms in total. The minimum Gasteiger partial charge on any atom is -0.464 e. The number of amides is 1. The van der Waals surface area contributed by atoms with Crippen LogP contribution in [0.5, 0.6) is 0 Å². The Labute approximate surface area is 93.2 Å². The van der Waals surface area contributed by atoms with Gasteiger partial charge in [-0.15, -0.1) is 0 Å². The summed E-state index contributed by atoms with van der Waals surface area (Å²) in [6.45, 7) is 1.98. The Morgan fingerprint density at radius 3 is 2.69 bits per heavy atom. The van der Waals surface area contributed by atoms with Crippen LogP contribution in [0.3, 0.4) is 0 Å². The normalized spacial score (nSPS) is 12.1. The highest BCUT2D eigenvalue weighted by Crippen LogP contribution is 2.14. The third-order valence-corrected chi connectivity index (χ3v) is 2.27. The van der Waals surface area contributed by atoms with E-state index in [1.807, 2.05) is 0 Å². The van der Waals surface area contributed by atoms with E-state index in [2.05, 4.69) is 4.74 Å². The molecule has 1 aromatic rings. The van der Waals surface area contributed by atoms with Crippen molar-refractivity contribution in [2.45, 2.75) is 13.5 Å². The van der Waals surface area contributed by atoms with E-state index in [1.165, 1.54) is 13.2 Å². The number of nitrogens with zero attached hydrogens (tertiary/aromatic N) is 1. The second-order valence-electron chi connectivity index (χ2n) is 3.61. The zero-order valence-electron chi connectivity index (χ0n) is 9.27. The van der Waals surface area contributed by atoms with Gasteiger partial charge in [0.1, 0.15) is 5.69 Å². The first-order valence-corrected chi connectivity index (χ1v) is 4.79. The van der Waals surface area contributed by atoms with E-state index in [4.69, 9.17) is 11.5 Å². The van der Waals surface area contributed by atoms with Gasteiger partial charge in [0.2, 0.25) is 5.91 Å². The van der Waals surface area contributed by atoms with Gasteiger partial charge >= 0.3 is 5.97 Å². The van der Waals surface area contributed by atoms with E-state index in [0.717, 1.165) is 0 Å². The van der Waals surface area contributed by atoms with Crippen LogP contribution in [0.2, 0.25) is 0 Å². The number of carbonyl (C=O) groups is 2. The molecule has 0 radical (unpaired) electrons. The second-order valence-corrected chi connectivity index (χ2v) is 3.61. The van der Waals surface area contributed by atoms with Gasteiger partial charge in [-0.2, -0.15) is 0 Å². The van der Waals surface area contributed by atoms with Crippen molar-refractivity contribution in [1.29, 1.82) is 0 Å². The van der Waals surface area contributed by atoms with Crippen LogP contribution >= 0.6 is 0 Å². The summed E-state index contributed by atoms with van der Waals surface area (Å²) in [5, 5.41) is 0. The summed E-state index contributed by atoms with van der Waals surface area (Å²) in [4.78, 5) is 22.3. The van der Waals surface area contributed by atoms with Crippen LogP contribution in [0.25, 0.3) is 0 Å². The molecule has 1 unspecified atom stereocenters. The van der Waals surface area contributed by atoms with Gasteiger partial charge in [-0.25, -0.2) is 4.79 Å². The van der Waals surface area contributed by atoms with Gasteiger partial charge in [-0.1, -0.05) is 6.92 Å². The van der Waals surface area contributed by atoms with E-state index >= 15 is 0 Å². The lowest BCUT2D eigenvalue weighted by molar-refractivity contribution is -0.121. The van der Waals surface area contributed by atoms with Gasteiger partial charge in [0, 0.05) is 12.7 Å². The summed E-state index contributed by atoms with van der Waals surface area (Å²) < 4.78 is 6.17. The van der Waals surface area contributed by atoms with Crippen LogP contribution in [0.15, 0.2) is 12.3 Å². The molecule has 1 amide bonds. The number of nitrogen functional groups attached to an aromatic ring is 1. The third kappa shape index (κ3) is 2.53. The number of esters is 1. The lowest BCUT2D eigenvalue weighted by Crippen LogP contribution is -2.25.